The fourth-order valence-electron chi connectivity index (χ4n) is 4.13. The molecule has 9 nitrogen and oxygen atoms in total. The van der Waals surface area contributed by atoms with Crippen LogP contribution in [0.15, 0.2) is 93.1 Å². The van der Waals surface area contributed by atoms with Crippen molar-refractivity contribution in [3.05, 3.63) is 101 Å². The quantitative estimate of drug-likeness (QED) is 0.0967. The van der Waals surface area contributed by atoms with E-state index in [1.165, 1.54) is 18.5 Å². The largest absolute Gasteiger partial charge is 0.496 e. The van der Waals surface area contributed by atoms with Crippen molar-refractivity contribution in [1.82, 2.24) is 10.4 Å². The highest BCUT2D eigenvalue weighted by atomic mass is 79.9. The van der Waals surface area contributed by atoms with Gasteiger partial charge in [0.05, 0.1) is 37.6 Å². The van der Waals surface area contributed by atoms with E-state index < -0.39 is 11.9 Å². The van der Waals surface area contributed by atoms with Crippen molar-refractivity contribution in [2.75, 3.05) is 14.2 Å². The monoisotopic (exact) mass is 587 g/mol. The Kier molecular flexibility index (Phi) is 7.46. The van der Waals surface area contributed by atoms with E-state index in [4.69, 9.17) is 18.6 Å². The van der Waals surface area contributed by atoms with E-state index in [0.717, 1.165) is 10.0 Å². The summed E-state index contributed by atoms with van der Waals surface area (Å²) in [7, 11) is 3.13. The Labute approximate surface area is 231 Å². The summed E-state index contributed by atoms with van der Waals surface area (Å²) in [5.41, 5.74) is 5.36. The Morgan fingerprint density at radius 1 is 0.949 bits per heavy atom. The number of esters is 1. The van der Waals surface area contributed by atoms with Crippen LogP contribution in [0.25, 0.3) is 22.0 Å². The normalized spacial score (nSPS) is 11.1. The van der Waals surface area contributed by atoms with E-state index in [9.17, 15) is 9.59 Å². The Morgan fingerprint density at radius 3 is 2.41 bits per heavy atom. The average molecular weight is 588 g/mol. The maximum absolute atomic E-state index is 13.4. The smallest absolute Gasteiger partial charge is 0.379 e. The number of amides is 1. The molecule has 2 heterocycles. The number of nitrogens with zero attached hydrogens (tertiary/aromatic N) is 1. The third kappa shape index (κ3) is 5.27. The molecule has 0 fully saturated rings. The summed E-state index contributed by atoms with van der Waals surface area (Å²) in [6.07, 6.45) is 2.77. The number of carbonyl (C=O) groups excluding carboxylic acids is 2. The number of H-pyrrole nitrogens is 1. The van der Waals surface area contributed by atoms with E-state index in [0.29, 0.717) is 33.5 Å². The van der Waals surface area contributed by atoms with Crippen molar-refractivity contribution in [2.45, 2.75) is 0 Å². The maximum Gasteiger partial charge on any atom is 0.379 e. The van der Waals surface area contributed by atoms with Crippen molar-refractivity contribution in [1.29, 1.82) is 0 Å². The number of hydrogen-bond donors (Lipinski definition) is 2. The summed E-state index contributed by atoms with van der Waals surface area (Å²) in [5, 5.41) is 4.84. The van der Waals surface area contributed by atoms with Gasteiger partial charge in [-0.15, -0.1) is 0 Å². The number of methoxy groups -OCH3 is 2. The molecule has 0 aliphatic rings. The molecule has 39 heavy (non-hydrogen) atoms. The van der Waals surface area contributed by atoms with Crippen LogP contribution in [0, 0.1) is 0 Å². The number of ether oxygens (including phenoxy) is 3. The van der Waals surface area contributed by atoms with E-state index >= 15 is 0 Å². The Morgan fingerprint density at radius 2 is 1.69 bits per heavy atom. The highest BCUT2D eigenvalue weighted by Crippen LogP contribution is 2.42. The molecular formula is C29H22BrN3O6. The number of nitrogens with one attached hydrogen (secondary N) is 2. The van der Waals surface area contributed by atoms with Gasteiger partial charge in [-0.1, -0.05) is 46.3 Å². The zero-order valence-electron chi connectivity index (χ0n) is 20.9. The van der Waals surface area contributed by atoms with Gasteiger partial charge in [-0.3, -0.25) is 4.79 Å². The van der Waals surface area contributed by atoms with Crippen LogP contribution in [0.4, 0.5) is 0 Å². The first-order valence-electron chi connectivity index (χ1n) is 11.7. The first kappa shape index (κ1) is 25.8. The van der Waals surface area contributed by atoms with Gasteiger partial charge in [0, 0.05) is 15.6 Å². The van der Waals surface area contributed by atoms with Crippen LogP contribution < -0.4 is 19.6 Å². The maximum atomic E-state index is 13.4. The minimum absolute atomic E-state index is 0.0622. The van der Waals surface area contributed by atoms with Gasteiger partial charge < -0.3 is 23.6 Å². The summed E-state index contributed by atoms with van der Waals surface area (Å²) in [5.74, 6) is 0.294. The molecule has 2 aromatic heterocycles. The number of rotatable bonds is 8. The van der Waals surface area contributed by atoms with Gasteiger partial charge in [-0.05, 0) is 48.0 Å². The number of benzene rings is 3. The van der Waals surface area contributed by atoms with Crippen LogP contribution >= 0.6 is 15.9 Å². The molecule has 10 heteroatoms. The highest BCUT2D eigenvalue weighted by molar-refractivity contribution is 9.10. The fourth-order valence-corrected chi connectivity index (χ4v) is 4.51. The number of carbonyl (C=O) groups is 2. The molecule has 0 saturated heterocycles. The van der Waals surface area contributed by atoms with Crippen molar-refractivity contribution >= 4 is 44.9 Å². The molecule has 0 saturated carbocycles. The van der Waals surface area contributed by atoms with Crippen LogP contribution in [0.2, 0.25) is 0 Å². The second-order valence-corrected chi connectivity index (χ2v) is 9.12. The van der Waals surface area contributed by atoms with Gasteiger partial charge in [-0.25, -0.2) is 10.2 Å². The minimum atomic E-state index is -0.658. The first-order chi connectivity index (χ1) is 19.0. The lowest BCUT2D eigenvalue weighted by atomic mass is 10.0. The van der Waals surface area contributed by atoms with Gasteiger partial charge in [0.25, 0.3) is 5.91 Å². The molecule has 0 aliphatic heterocycles. The van der Waals surface area contributed by atoms with E-state index in [2.05, 4.69) is 31.4 Å². The summed E-state index contributed by atoms with van der Waals surface area (Å²) < 4.78 is 22.4. The second-order valence-electron chi connectivity index (χ2n) is 8.21. The topological polar surface area (TPSA) is 115 Å². The third-order valence-corrected chi connectivity index (χ3v) is 6.37. The number of fused-ring (bicyclic) bond motifs is 1. The highest BCUT2D eigenvalue weighted by Gasteiger charge is 2.24. The standard InChI is InChI=1S/C29H22BrN3O6/c1-36-21-12-13-22(37-2)26-25(21)24(17-7-4-3-5-8-17)27(32-26)28(34)33-31-16-18-15-19(30)10-11-20(18)39-29(35)23-9-6-14-38-23/h3-16,32H,1-2H3,(H,33,34). The molecule has 196 valence electrons. The Hall–Kier alpha value is -4.83. The molecule has 2 N–H and O–H groups in total. The molecule has 5 rings (SSSR count). The average Bonchev–Trinajstić information content (AvgIpc) is 3.63. The minimum Gasteiger partial charge on any atom is -0.496 e. The zero-order valence-corrected chi connectivity index (χ0v) is 22.4. The Balaban J connectivity index is 1.48. The first-order valence-corrected chi connectivity index (χ1v) is 12.5. The van der Waals surface area contributed by atoms with Crippen LogP contribution in [-0.4, -0.2) is 37.3 Å². The lowest BCUT2D eigenvalue weighted by Crippen LogP contribution is -2.19. The number of furan rings is 1. The van der Waals surface area contributed by atoms with Gasteiger partial charge in [0.2, 0.25) is 5.76 Å². The SMILES string of the molecule is COc1ccc(OC)c2c(-c3ccccc3)c(C(=O)NN=Cc3cc(Br)ccc3OC(=O)c3ccco3)[nH]c12. The van der Waals surface area contributed by atoms with Gasteiger partial charge in [0.1, 0.15) is 22.9 Å². The van der Waals surface area contributed by atoms with E-state index in [1.807, 2.05) is 30.3 Å². The number of halogens is 1. The molecule has 1 amide bonds. The molecule has 5 aromatic rings. The van der Waals surface area contributed by atoms with Crippen molar-refractivity contribution in [2.24, 2.45) is 5.10 Å². The molecule has 0 aliphatic carbocycles. The molecule has 0 unspecified atom stereocenters. The summed E-state index contributed by atoms with van der Waals surface area (Å²) in [6, 6.07) is 21.2. The zero-order chi connectivity index (χ0) is 27.4. The third-order valence-electron chi connectivity index (χ3n) is 5.87. The van der Waals surface area contributed by atoms with Gasteiger partial charge in [0.15, 0.2) is 0 Å². The molecule has 0 bridgehead atoms. The predicted octanol–water partition coefficient (Wildman–Crippen LogP) is 6.19. The summed E-state index contributed by atoms with van der Waals surface area (Å²) in [6.45, 7) is 0. The van der Waals surface area contributed by atoms with E-state index in [-0.39, 0.29) is 17.2 Å². The molecule has 0 spiro atoms. The molecular weight excluding hydrogens is 566 g/mol. The fraction of sp³-hybridized carbons (Fsp3) is 0.0690. The summed E-state index contributed by atoms with van der Waals surface area (Å²) in [4.78, 5) is 29.0. The second kappa shape index (κ2) is 11.3. The molecule has 0 atom stereocenters. The van der Waals surface area contributed by atoms with Crippen LogP contribution in [0.3, 0.4) is 0 Å². The van der Waals surface area contributed by atoms with Gasteiger partial charge >= 0.3 is 5.97 Å². The number of aromatic nitrogens is 1. The van der Waals surface area contributed by atoms with Crippen LogP contribution in [0.5, 0.6) is 17.2 Å². The lowest BCUT2D eigenvalue weighted by Gasteiger charge is -2.09. The number of hydrogen-bond acceptors (Lipinski definition) is 7. The number of hydrazone groups is 1. The van der Waals surface area contributed by atoms with Gasteiger partial charge in [-0.2, -0.15) is 5.10 Å². The summed E-state index contributed by atoms with van der Waals surface area (Å²) >= 11 is 3.40. The molecule has 3 aromatic carbocycles. The van der Waals surface area contributed by atoms with Crippen molar-refractivity contribution in [3.63, 3.8) is 0 Å². The van der Waals surface area contributed by atoms with Crippen molar-refractivity contribution < 1.29 is 28.2 Å². The number of aromatic amines is 1. The lowest BCUT2D eigenvalue weighted by molar-refractivity contribution is 0.0700. The van der Waals surface area contributed by atoms with E-state index in [1.54, 1.807) is 50.6 Å². The van der Waals surface area contributed by atoms with Crippen LogP contribution in [0.1, 0.15) is 26.6 Å². The molecule has 0 radical (unpaired) electrons. The van der Waals surface area contributed by atoms with Crippen LogP contribution in [-0.2, 0) is 0 Å². The predicted molar refractivity (Wildman–Crippen MR) is 150 cm³/mol. The van der Waals surface area contributed by atoms with Crippen molar-refractivity contribution in [3.8, 4) is 28.4 Å². The Bertz CT molecular complexity index is 1680.